The number of benzene rings is 2. The summed E-state index contributed by atoms with van der Waals surface area (Å²) in [5.41, 5.74) is 2.40. The molecule has 0 bridgehead atoms. The van der Waals surface area contributed by atoms with Gasteiger partial charge in [-0.15, -0.1) is 0 Å². The van der Waals surface area contributed by atoms with Gasteiger partial charge in [0.15, 0.2) is 0 Å². The molecule has 0 heterocycles. The maximum Gasteiger partial charge on any atom is 0.330 e. The zero-order valence-corrected chi connectivity index (χ0v) is 15.7. The number of hydrogen-bond acceptors (Lipinski definition) is 5. The highest BCUT2D eigenvalue weighted by atomic mass is 16.7. The number of rotatable bonds is 10. The number of esters is 1. The lowest BCUT2D eigenvalue weighted by atomic mass is 10.0. The Hall–Kier alpha value is -2.37. The Balaban J connectivity index is 1.66. The van der Waals surface area contributed by atoms with E-state index in [-0.39, 0.29) is 12.8 Å². The van der Waals surface area contributed by atoms with E-state index in [9.17, 15) is 4.79 Å². The fraction of sp³-hybridized carbons (Fsp3) is 0.381. The molecule has 140 valence electrons. The lowest BCUT2D eigenvalue weighted by Gasteiger charge is -2.24. The summed E-state index contributed by atoms with van der Waals surface area (Å²) < 4.78 is 15.8. The maximum atomic E-state index is 11.7. The third-order valence-electron chi connectivity index (χ3n) is 3.92. The first-order chi connectivity index (χ1) is 12.5. The average molecular weight is 357 g/mol. The molecule has 0 saturated carbocycles. The molecule has 26 heavy (non-hydrogen) atoms. The molecule has 0 atom stereocenters. The van der Waals surface area contributed by atoms with Crippen molar-refractivity contribution in [1.82, 2.24) is 0 Å². The molecule has 2 rings (SSSR count). The largest absolute Gasteiger partial charge is 0.467 e. The summed E-state index contributed by atoms with van der Waals surface area (Å²) >= 11 is 0. The summed E-state index contributed by atoms with van der Waals surface area (Å²) in [6.45, 7) is 5.00. The highest BCUT2D eigenvalue weighted by Crippen LogP contribution is 2.17. The van der Waals surface area contributed by atoms with Gasteiger partial charge in [-0.25, -0.2) is 4.79 Å². The summed E-state index contributed by atoms with van der Waals surface area (Å²) in [5.74, 6) is -0.300. The van der Waals surface area contributed by atoms with Crippen LogP contribution in [0.3, 0.4) is 0 Å². The molecule has 0 spiro atoms. The zero-order valence-electron chi connectivity index (χ0n) is 15.7. The molecule has 0 aromatic heterocycles. The maximum absolute atomic E-state index is 11.7. The summed E-state index contributed by atoms with van der Waals surface area (Å²) in [5, 5.41) is 3.17. The minimum Gasteiger partial charge on any atom is -0.467 e. The van der Waals surface area contributed by atoms with Gasteiger partial charge in [0.25, 0.3) is 0 Å². The molecule has 5 nitrogen and oxygen atoms in total. The standard InChI is InChI=1S/C21H27NO4/c1-21(2,20(23)24-3)22-19-11-9-17(10-12-19)13-14-25-16-26-15-18-7-5-4-6-8-18/h4-12,22H,13-16H2,1-3H3. The summed E-state index contributed by atoms with van der Waals surface area (Å²) in [7, 11) is 1.39. The number of hydrogen-bond donors (Lipinski definition) is 1. The Bertz CT molecular complexity index is 668. The van der Waals surface area contributed by atoms with Crippen LogP contribution in [0.4, 0.5) is 5.69 Å². The Morgan fingerprint density at radius 2 is 1.65 bits per heavy atom. The van der Waals surface area contributed by atoms with Crippen LogP contribution in [0.2, 0.25) is 0 Å². The summed E-state index contributed by atoms with van der Waals surface area (Å²) in [4.78, 5) is 11.7. The quantitative estimate of drug-likeness (QED) is 0.398. The van der Waals surface area contributed by atoms with Gasteiger partial charge in [-0.2, -0.15) is 0 Å². The van der Waals surface area contributed by atoms with Gasteiger partial charge in [0.1, 0.15) is 12.3 Å². The minimum absolute atomic E-state index is 0.280. The van der Waals surface area contributed by atoms with Crippen LogP contribution in [0.1, 0.15) is 25.0 Å². The topological polar surface area (TPSA) is 56.8 Å². The molecule has 2 aromatic carbocycles. The van der Waals surface area contributed by atoms with Crippen LogP contribution in [0.5, 0.6) is 0 Å². The fourth-order valence-corrected chi connectivity index (χ4v) is 2.46. The molecule has 0 unspecified atom stereocenters. The van der Waals surface area contributed by atoms with Crippen LogP contribution in [0, 0.1) is 0 Å². The zero-order chi connectivity index (χ0) is 18.8. The predicted molar refractivity (Wildman–Crippen MR) is 102 cm³/mol. The van der Waals surface area contributed by atoms with Gasteiger partial charge in [-0.05, 0) is 43.5 Å². The first-order valence-corrected chi connectivity index (χ1v) is 8.66. The second-order valence-corrected chi connectivity index (χ2v) is 6.55. The van der Waals surface area contributed by atoms with Crippen LogP contribution in [0.25, 0.3) is 0 Å². The number of carbonyl (C=O) groups is 1. The van der Waals surface area contributed by atoms with E-state index in [4.69, 9.17) is 14.2 Å². The van der Waals surface area contributed by atoms with Crippen molar-refractivity contribution < 1.29 is 19.0 Å². The first-order valence-electron chi connectivity index (χ1n) is 8.66. The number of methoxy groups -OCH3 is 1. The van der Waals surface area contributed by atoms with E-state index in [0.29, 0.717) is 13.2 Å². The molecule has 0 aliphatic heterocycles. The van der Waals surface area contributed by atoms with Crippen molar-refractivity contribution in [3.05, 3.63) is 65.7 Å². The lowest BCUT2D eigenvalue weighted by molar-refractivity contribution is -0.144. The number of ether oxygens (including phenoxy) is 3. The second kappa shape index (κ2) is 9.94. The van der Waals surface area contributed by atoms with Crippen molar-refractivity contribution in [1.29, 1.82) is 0 Å². The highest BCUT2D eigenvalue weighted by molar-refractivity contribution is 5.83. The van der Waals surface area contributed by atoms with Crippen LogP contribution < -0.4 is 5.32 Å². The van der Waals surface area contributed by atoms with Crippen molar-refractivity contribution in [3.8, 4) is 0 Å². The van der Waals surface area contributed by atoms with E-state index in [1.54, 1.807) is 13.8 Å². The van der Waals surface area contributed by atoms with Gasteiger partial charge in [0.2, 0.25) is 0 Å². The van der Waals surface area contributed by atoms with Crippen molar-refractivity contribution in [2.45, 2.75) is 32.4 Å². The summed E-state index contributed by atoms with van der Waals surface area (Å²) in [6.07, 6.45) is 0.801. The second-order valence-electron chi connectivity index (χ2n) is 6.55. The SMILES string of the molecule is COC(=O)C(C)(C)Nc1ccc(CCOCOCc2ccccc2)cc1. The van der Waals surface area contributed by atoms with E-state index in [0.717, 1.165) is 23.2 Å². The number of anilines is 1. The normalized spacial score (nSPS) is 11.2. The molecule has 0 saturated heterocycles. The van der Waals surface area contributed by atoms with Gasteiger partial charge in [-0.1, -0.05) is 42.5 Å². The van der Waals surface area contributed by atoms with Gasteiger partial charge in [-0.3, -0.25) is 0 Å². The number of carbonyl (C=O) groups excluding carboxylic acids is 1. The van der Waals surface area contributed by atoms with Crippen LogP contribution in [0.15, 0.2) is 54.6 Å². The van der Waals surface area contributed by atoms with E-state index >= 15 is 0 Å². The van der Waals surface area contributed by atoms with Crippen LogP contribution >= 0.6 is 0 Å². The Kier molecular flexibility index (Phi) is 7.63. The first kappa shape index (κ1) is 19.9. The lowest BCUT2D eigenvalue weighted by Crippen LogP contribution is -2.41. The van der Waals surface area contributed by atoms with Gasteiger partial charge in [0, 0.05) is 5.69 Å². The minimum atomic E-state index is -0.768. The van der Waals surface area contributed by atoms with E-state index in [1.807, 2.05) is 54.6 Å². The number of nitrogens with one attached hydrogen (secondary N) is 1. The molecule has 0 radical (unpaired) electrons. The Morgan fingerprint density at radius 3 is 2.31 bits per heavy atom. The van der Waals surface area contributed by atoms with E-state index < -0.39 is 5.54 Å². The third kappa shape index (κ3) is 6.50. The van der Waals surface area contributed by atoms with Crippen molar-refractivity contribution in [2.24, 2.45) is 0 Å². The third-order valence-corrected chi connectivity index (χ3v) is 3.92. The molecular formula is C21H27NO4. The molecule has 1 N–H and O–H groups in total. The molecule has 0 fully saturated rings. The van der Waals surface area contributed by atoms with E-state index in [1.165, 1.54) is 7.11 Å². The summed E-state index contributed by atoms with van der Waals surface area (Å²) in [6, 6.07) is 18.0. The highest BCUT2D eigenvalue weighted by Gasteiger charge is 2.28. The van der Waals surface area contributed by atoms with Crippen molar-refractivity contribution in [3.63, 3.8) is 0 Å². The van der Waals surface area contributed by atoms with Gasteiger partial charge in [0.05, 0.1) is 20.3 Å². The molecule has 2 aromatic rings. The smallest absolute Gasteiger partial charge is 0.330 e. The van der Waals surface area contributed by atoms with Crippen molar-refractivity contribution >= 4 is 11.7 Å². The molecule has 0 amide bonds. The van der Waals surface area contributed by atoms with Crippen LogP contribution in [-0.4, -0.2) is 32.0 Å². The van der Waals surface area contributed by atoms with Crippen LogP contribution in [-0.2, 0) is 32.0 Å². The molecule has 0 aliphatic carbocycles. The Morgan fingerprint density at radius 1 is 0.962 bits per heavy atom. The molecular weight excluding hydrogens is 330 g/mol. The van der Waals surface area contributed by atoms with E-state index in [2.05, 4.69) is 5.32 Å². The van der Waals surface area contributed by atoms with Gasteiger partial charge < -0.3 is 19.5 Å². The van der Waals surface area contributed by atoms with Gasteiger partial charge >= 0.3 is 5.97 Å². The predicted octanol–water partition coefficient (Wildman–Crippen LogP) is 3.78. The fourth-order valence-electron chi connectivity index (χ4n) is 2.46. The Labute approximate surface area is 155 Å². The average Bonchev–Trinajstić information content (AvgIpc) is 2.65. The monoisotopic (exact) mass is 357 g/mol. The molecule has 5 heteroatoms. The molecule has 0 aliphatic rings. The van der Waals surface area contributed by atoms with Crippen molar-refractivity contribution in [2.75, 3.05) is 25.8 Å².